The lowest BCUT2D eigenvalue weighted by Crippen LogP contribution is -2.29. The van der Waals surface area contributed by atoms with Crippen molar-refractivity contribution in [2.45, 2.75) is 26.3 Å². The molecule has 28 heavy (non-hydrogen) atoms. The molecular formula is C21H23ClN6. The molecule has 0 saturated heterocycles. The maximum absolute atomic E-state index is 6.18. The van der Waals surface area contributed by atoms with E-state index in [1.807, 2.05) is 40.8 Å². The van der Waals surface area contributed by atoms with Crippen molar-refractivity contribution in [2.24, 2.45) is 0 Å². The summed E-state index contributed by atoms with van der Waals surface area (Å²) in [4.78, 5) is 4.81. The highest BCUT2D eigenvalue weighted by atomic mass is 35.5. The average molecular weight is 395 g/mol. The van der Waals surface area contributed by atoms with Gasteiger partial charge in [-0.05, 0) is 23.8 Å². The zero-order valence-corrected chi connectivity index (χ0v) is 16.7. The van der Waals surface area contributed by atoms with Gasteiger partial charge in [0.2, 0.25) is 5.95 Å². The van der Waals surface area contributed by atoms with Crippen molar-refractivity contribution in [3.05, 3.63) is 64.9 Å². The number of hydrogen-bond donors (Lipinski definition) is 2. The van der Waals surface area contributed by atoms with Crippen molar-refractivity contribution in [2.75, 3.05) is 18.4 Å². The fourth-order valence-corrected chi connectivity index (χ4v) is 3.38. The first-order chi connectivity index (χ1) is 13.6. The number of benzene rings is 2. The van der Waals surface area contributed by atoms with E-state index in [9.17, 15) is 0 Å². The molecule has 0 bridgehead atoms. The van der Waals surface area contributed by atoms with Gasteiger partial charge in [0.1, 0.15) is 5.82 Å². The summed E-state index contributed by atoms with van der Waals surface area (Å²) in [7, 11) is 0. The van der Waals surface area contributed by atoms with Crippen LogP contribution in [-0.2, 0) is 6.42 Å². The normalized spacial score (nSPS) is 11.6. The molecule has 4 aromatic rings. The molecule has 7 heteroatoms. The molecule has 0 aliphatic carbocycles. The SMILES string of the molecule is CC(C)NCCNc1nc2cc(Cl)ccc2c2nnc(Cc3ccccc3)n12. The van der Waals surface area contributed by atoms with Gasteiger partial charge < -0.3 is 10.6 Å². The number of rotatable bonds is 7. The van der Waals surface area contributed by atoms with Crippen molar-refractivity contribution in [3.8, 4) is 0 Å². The van der Waals surface area contributed by atoms with E-state index in [1.54, 1.807) is 0 Å². The second-order valence-electron chi connectivity index (χ2n) is 7.07. The highest BCUT2D eigenvalue weighted by Crippen LogP contribution is 2.25. The highest BCUT2D eigenvalue weighted by molar-refractivity contribution is 6.31. The lowest BCUT2D eigenvalue weighted by Gasteiger charge is -2.13. The average Bonchev–Trinajstić information content (AvgIpc) is 3.09. The minimum atomic E-state index is 0.439. The van der Waals surface area contributed by atoms with Crippen molar-refractivity contribution in [1.82, 2.24) is 24.9 Å². The molecule has 0 unspecified atom stereocenters. The fraction of sp³-hybridized carbons (Fsp3) is 0.286. The largest absolute Gasteiger partial charge is 0.354 e. The number of fused-ring (bicyclic) bond motifs is 3. The third-order valence-electron chi connectivity index (χ3n) is 4.53. The Kier molecular flexibility index (Phi) is 5.41. The quantitative estimate of drug-likeness (QED) is 0.465. The van der Waals surface area contributed by atoms with Crippen molar-refractivity contribution in [1.29, 1.82) is 0 Å². The lowest BCUT2D eigenvalue weighted by atomic mass is 10.1. The van der Waals surface area contributed by atoms with Crippen LogP contribution in [0, 0.1) is 0 Å². The Hall–Kier alpha value is -2.70. The van der Waals surface area contributed by atoms with Gasteiger partial charge in [-0.15, -0.1) is 10.2 Å². The molecule has 6 nitrogen and oxygen atoms in total. The van der Waals surface area contributed by atoms with Crippen LogP contribution in [0.3, 0.4) is 0 Å². The summed E-state index contributed by atoms with van der Waals surface area (Å²) in [6.45, 7) is 5.85. The van der Waals surface area contributed by atoms with Crippen LogP contribution in [0.2, 0.25) is 5.02 Å². The molecule has 0 aliphatic rings. The Morgan fingerprint density at radius 1 is 1.04 bits per heavy atom. The van der Waals surface area contributed by atoms with Gasteiger partial charge >= 0.3 is 0 Å². The van der Waals surface area contributed by atoms with Gasteiger partial charge in [-0.2, -0.15) is 0 Å². The number of anilines is 1. The van der Waals surface area contributed by atoms with E-state index in [-0.39, 0.29) is 0 Å². The fourth-order valence-electron chi connectivity index (χ4n) is 3.21. The Morgan fingerprint density at radius 2 is 1.86 bits per heavy atom. The molecule has 0 aliphatic heterocycles. The first-order valence-electron chi connectivity index (χ1n) is 9.46. The molecule has 0 amide bonds. The number of hydrogen-bond acceptors (Lipinski definition) is 5. The van der Waals surface area contributed by atoms with Crippen LogP contribution < -0.4 is 10.6 Å². The molecule has 2 N–H and O–H groups in total. The molecule has 0 radical (unpaired) electrons. The molecular weight excluding hydrogens is 372 g/mol. The van der Waals surface area contributed by atoms with Gasteiger partial charge in [0.15, 0.2) is 5.65 Å². The Labute approximate surface area is 169 Å². The van der Waals surface area contributed by atoms with E-state index in [2.05, 4.69) is 46.8 Å². The molecule has 0 atom stereocenters. The molecule has 144 valence electrons. The Morgan fingerprint density at radius 3 is 2.64 bits per heavy atom. The summed E-state index contributed by atoms with van der Waals surface area (Å²) in [5, 5.41) is 17.4. The maximum atomic E-state index is 6.18. The van der Waals surface area contributed by atoms with E-state index in [1.165, 1.54) is 5.56 Å². The van der Waals surface area contributed by atoms with Crippen LogP contribution in [-0.4, -0.2) is 38.7 Å². The van der Waals surface area contributed by atoms with Crippen LogP contribution >= 0.6 is 11.6 Å². The van der Waals surface area contributed by atoms with E-state index in [0.29, 0.717) is 17.5 Å². The van der Waals surface area contributed by atoms with Gasteiger partial charge in [0, 0.05) is 36.0 Å². The van der Waals surface area contributed by atoms with Crippen molar-refractivity contribution in [3.63, 3.8) is 0 Å². The minimum absolute atomic E-state index is 0.439. The second-order valence-corrected chi connectivity index (χ2v) is 7.51. The standard InChI is InChI=1S/C21H23ClN6/c1-14(2)23-10-11-24-21-25-18-13-16(22)8-9-17(18)20-27-26-19(28(20)21)12-15-6-4-3-5-7-15/h3-9,13-14,23H,10-12H2,1-2H3,(H,24,25). The predicted octanol–water partition coefficient (Wildman–Crippen LogP) is 3.93. The number of aromatic nitrogens is 4. The van der Waals surface area contributed by atoms with Crippen LogP contribution in [0.15, 0.2) is 48.5 Å². The third kappa shape index (κ3) is 3.93. The Bertz CT molecular complexity index is 1090. The highest BCUT2D eigenvalue weighted by Gasteiger charge is 2.15. The molecule has 2 aromatic heterocycles. The zero-order chi connectivity index (χ0) is 19.5. The van der Waals surface area contributed by atoms with E-state index in [4.69, 9.17) is 16.6 Å². The van der Waals surface area contributed by atoms with Crippen molar-refractivity contribution < 1.29 is 0 Å². The predicted molar refractivity (Wildman–Crippen MR) is 114 cm³/mol. The van der Waals surface area contributed by atoms with Gasteiger partial charge in [0.25, 0.3) is 0 Å². The van der Waals surface area contributed by atoms with Crippen LogP contribution in [0.25, 0.3) is 16.6 Å². The summed E-state index contributed by atoms with van der Waals surface area (Å²) >= 11 is 6.18. The summed E-state index contributed by atoms with van der Waals surface area (Å²) in [5.74, 6) is 1.58. The van der Waals surface area contributed by atoms with Gasteiger partial charge in [-0.3, -0.25) is 0 Å². The first-order valence-corrected chi connectivity index (χ1v) is 9.84. The Balaban J connectivity index is 1.76. The molecule has 2 heterocycles. The maximum Gasteiger partial charge on any atom is 0.210 e. The van der Waals surface area contributed by atoms with Crippen molar-refractivity contribution >= 4 is 34.1 Å². The number of nitrogens with one attached hydrogen (secondary N) is 2. The summed E-state index contributed by atoms with van der Waals surface area (Å²) in [5.41, 5.74) is 2.77. The van der Waals surface area contributed by atoms with Gasteiger partial charge in [0.05, 0.1) is 5.52 Å². The topological polar surface area (TPSA) is 67.1 Å². The summed E-state index contributed by atoms with van der Waals surface area (Å²) in [6, 6.07) is 16.4. The third-order valence-corrected chi connectivity index (χ3v) is 4.77. The smallest absolute Gasteiger partial charge is 0.210 e. The monoisotopic (exact) mass is 394 g/mol. The molecule has 4 rings (SSSR count). The number of halogens is 1. The lowest BCUT2D eigenvalue weighted by molar-refractivity contribution is 0.601. The second kappa shape index (κ2) is 8.12. The van der Waals surface area contributed by atoms with Gasteiger partial charge in [-0.1, -0.05) is 55.8 Å². The van der Waals surface area contributed by atoms with E-state index in [0.717, 1.165) is 41.4 Å². The van der Waals surface area contributed by atoms with Crippen LogP contribution in [0.1, 0.15) is 25.2 Å². The number of nitrogens with zero attached hydrogens (tertiary/aromatic N) is 4. The first kappa shape index (κ1) is 18.7. The van der Waals surface area contributed by atoms with Crippen LogP contribution in [0.5, 0.6) is 0 Å². The molecule has 0 saturated carbocycles. The molecule has 0 spiro atoms. The zero-order valence-electron chi connectivity index (χ0n) is 16.0. The minimum Gasteiger partial charge on any atom is -0.354 e. The van der Waals surface area contributed by atoms with Crippen LogP contribution in [0.4, 0.5) is 5.95 Å². The van der Waals surface area contributed by atoms with E-state index >= 15 is 0 Å². The molecule has 2 aromatic carbocycles. The van der Waals surface area contributed by atoms with Gasteiger partial charge in [-0.25, -0.2) is 9.38 Å². The molecule has 0 fully saturated rings. The van der Waals surface area contributed by atoms with E-state index < -0.39 is 0 Å². The summed E-state index contributed by atoms with van der Waals surface area (Å²) < 4.78 is 2.01. The summed E-state index contributed by atoms with van der Waals surface area (Å²) in [6.07, 6.45) is 0.682.